The fourth-order valence-corrected chi connectivity index (χ4v) is 4.71. The molecule has 0 radical (unpaired) electrons. The van der Waals surface area contributed by atoms with Crippen LogP contribution in [0.2, 0.25) is 0 Å². The normalized spacial score (nSPS) is 12.4. The summed E-state index contributed by atoms with van der Waals surface area (Å²) in [6.07, 6.45) is 0. The smallest absolute Gasteiger partial charge is 0.0626 e. The molecule has 6 rings (SSSR count). The topological polar surface area (TPSA) is 4.41 Å². The van der Waals surface area contributed by atoms with E-state index in [0.29, 0.717) is 0 Å². The fraction of sp³-hybridized carbons (Fsp3) is 0. The van der Waals surface area contributed by atoms with Gasteiger partial charge in [-0.2, -0.15) is 0 Å². The van der Waals surface area contributed by atoms with Gasteiger partial charge in [0.05, 0.1) is 16.6 Å². The highest BCUT2D eigenvalue weighted by atomic mass is 79.9. The molecular weight excluding hydrogens is 358 g/mol. The lowest BCUT2D eigenvalue weighted by Crippen LogP contribution is -1.92. The van der Waals surface area contributed by atoms with Crippen LogP contribution >= 0.6 is 15.9 Å². The Kier molecular flexibility index (Phi) is 2.28. The predicted molar refractivity (Wildman–Crippen MR) is 106 cm³/mol. The second-order valence-corrected chi connectivity index (χ2v) is 7.30. The first kappa shape index (κ1) is 12.8. The summed E-state index contributed by atoms with van der Waals surface area (Å²) < 4.78 is 3.56. The van der Waals surface area contributed by atoms with Gasteiger partial charge in [-0.15, -0.1) is 0 Å². The molecule has 0 saturated carbocycles. The van der Waals surface area contributed by atoms with Crippen molar-refractivity contribution in [3.8, 4) is 0 Å². The van der Waals surface area contributed by atoms with Crippen LogP contribution < -0.4 is 0 Å². The molecule has 0 spiro atoms. The molecule has 0 amide bonds. The third kappa shape index (κ3) is 1.41. The van der Waals surface area contributed by atoms with Gasteiger partial charge in [0.2, 0.25) is 0 Å². The number of para-hydroxylation sites is 2. The largest absolute Gasteiger partial charge is 0.308 e. The molecule has 0 fully saturated rings. The van der Waals surface area contributed by atoms with E-state index in [0.717, 1.165) is 4.47 Å². The van der Waals surface area contributed by atoms with Crippen molar-refractivity contribution in [1.82, 2.24) is 4.40 Å². The number of nitrogens with zero attached hydrogens (tertiary/aromatic N) is 1. The molecule has 0 unspecified atom stereocenters. The minimum Gasteiger partial charge on any atom is -0.308 e. The summed E-state index contributed by atoms with van der Waals surface area (Å²) in [6.45, 7) is 0. The fourth-order valence-electron chi connectivity index (χ4n) is 4.24. The Morgan fingerprint density at radius 2 is 1.29 bits per heavy atom. The van der Waals surface area contributed by atoms with E-state index in [1.165, 1.54) is 48.9 Å². The van der Waals surface area contributed by atoms with E-state index >= 15 is 0 Å². The summed E-state index contributed by atoms with van der Waals surface area (Å²) >= 11 is 3.69. The van der Waals surface area contributed by atoms with Gasteiger partial charge in [-0.05, 0) is 35.0 Å². The Balaban J connectivity index is 2.15. The SMILES string of the molecule is Brc1cc2ccc3c4ccccc4n4c5ccccc5c(c1)c2c34. The van der Waals surface area contributed by atoms with Gasteiger partial charge in [-0.1, -0.05) is 64.5 Å². The van der Waals surface area contributed by atoms with E-state index in [1.54, 1.807) is 0 Å². The number of halogens is 1. The van der Waals surface area contributed by atoms with Crippen molar-refractivity contribution in [3.05, 3.63) is 77.3 Å². The molecule has 0 bridgehead atoms. The van der Waals surface area contributed by atoms with Crippen molar-refractivity contribution in [3.63, 3.8) is 0 Å². The van der Waals surface area contributed by atoms with Crippen LogP contribution in [-0.2, 0) is 0 Å². The van der Waals surface area contributed by atoms with E-state index in [2.05, 4.69) is 93.1 Å². The Bertz CT molecular complexity index is 1410. The molecule has 24 heavy (non-hydrogen) atoms. The van der Waals surface area contributed by atoms with Crippen LogP contribution in [0.15, 0.2) is 77.3 Å². The first-order valence-corrected chi connectivity index (χ1v) is 8.87. The Morgan fingerprint density at radius 1 is 0.625 bits per heavy atom. The number of hydrogen-bond acceptors (Lipinski definition) is 0. The van der Waals surface area contributed by atoms with E-state index < -0.39 is 0 Å². The van der Waals surface area contributed by atoms with Crippen LogP contribution in [0.25, 0.3) is 48.9 Å². The van der Waals surface area contributed by atoms with Crippen molar-refractivity contribution in [1.29, 1.82) is 0 Å². The van der Waals surface area contributed by atoms with Gasteiger partial charge in [0.15, 0.2) is 0 Å². The lowest BCUT2D eigenvalue weighted by molar-refractivity contribution is 1.35. The van der Waals surface area contributed by atoms with Gasteiger partial charge in [0, 0.05) is 26.0 Å². The van der Waals surface area contributed by atoms with E-state index in [9.17, 15) is 0 Å². The number of benzene rings is 4. The molecule has 0 aliphatic rings. The highest BCUT2D eigenvalue weighted by Gasteiger charge is 2.17. The van der Waals surface area contributed by atoms with E-state index in [4.69, 9.17) is 0 Å². The molecule has 4 aromatic carbocycles. The maximum absolute atomic E-state index is 3.69. The number of fused-ring (bicyclic) bond motifs is 6. The van der Waals surface area contributed by atoms with Gasteiger partial charge >= 0.3 is 0 Å². The Hall–Kier alpha value is -2.58. The summed E-state index contributed by atoms with van der Waals surface area (Å²) in [4.78, 5) is 0. The van der Waals surface area contributed by atoms with Crippen LogP contribution in [0.1, 0.15) is 0 Å². The summed E-state index contributed by atoms with van der Waals surface area (Å²) in [5.41, 5.74) is 3.87. The van der Waals surface area contributed by atoms with E-state index in [1.807, 2.05) is 0 Å². The molecule has 2 heterocycles. The van der Waals surface area contributed by atoms with Crippen LogP contribution in [0, 0.1) is 0 Å². The maximum Gasteiger partial charge on any atom is 0.0626 e. The maximum atomic E-state index is 3.69. The average molecular weight is 370 g/mol. The molecule has 112 valence electrons. The lowest BCUT2D eigenvalue weighted by atomic mass is 9.99. The first-order valence-electron chi connectivity index (χ1n) is 8.08. The van der Waals surface area contributed by atoms with Crippen LogP contribution in [0.3, 0.4) is 0 Å². The zero-order chi connectivity index (χ0) is 15.8. The van der Waals surface area contributed by atoms with Gasteiger partial charge in [-0.25, -0.2) is 0 Å². The molecule has 0 saturated heterocycles. The average Bonchev–Trinajstić information content (AvgIpc) is 2.96. The first-order chi connectivity index (χ1) is 11.8. The standard InChI is InChI=1S/C22H12BrN/c23-14-11-13-9-10-17-15-5-1-3-7-19(15)24-20-8-4-2-6-16(20)18(12-14)21(13)22(17)24/h1-12H. The monoisotopic (exact) mass is 369 g/mol. The number of aromatic nitrogens is 1. The molecule has 1 nitrogen and oxygen atoms in total. The van der Waals surface area contributed by atoms with Crippen LogP contribution in [0.4, 0.5) is 0 Å². The third-order valence-electron chi connectivity index (χ3n) is 5.15. The predicted octanol–water partition coefficient (Wildman–Crippen LogP) is 6.75. The van der Waals surface area contributed by atoms with Crippen molar-refractivity contribution in [2.45, 2.75) is 0 Å². The minimum absolute atomic E-state index is 1.13. The van der Waals surface area contributed by atoms with Gasteiger partial charge in [0.1, 0.15) is 0 Å². The van der Waals surface area contributed by atoms with Gasteiger partial charge < -0.3 is 4.40 Å². The minimum atomic E-state index is 1.13. The molecule has 0 aliphatic heterocycles. The van der Waals surface area contributed by atoms with Crippen LogP contribution in [-0.4, -0.2) is 4.40 Å². The second-order valence-electron chi connectivity index (χ2n) is 6.38. The molecule has 2 heteroatoms. The van der Waals surface area contributed by atoms with Crippen molar-refractivity contribution < 1.29 is 0 Å². The van der Waals surface area contributed by atoms with E-state index in [-0.39, 0.29) is 0 Å². The molecule has 0 atom stereocenters. The molecule has 0 N–H and O–H groups in total. The Labute approximate surface area is 146 Å². The summed E-state index contributed by atoms with van der Waals surface area (Å²) in [6, 6.07) is 26.4. The number of pyridine rings is 1. The Morgan fingerprint density at radius 3 is 2.04 bits per heavy atom. The molecular formula is C22H12BrN. The van der Waals surface area contributed by atoms with Crippen molar-refractivity contribution >= 4 is 64.8 Å². The quantitative estimate of drug-likeness (QED) is 0.206. The highest BCUT2D eigenvalue weighted by Crippen LogP contribution is 2.41. The zero-order valence-electron chi connectivity index (χ0n) is 12.8. The van der Waals surface area contributed by atoms with Crippen LogP contribution in [0.5, 0.6) is 0 Å². The van der Waals surface area contributed by atoms with Gasteiger partial charge in [0.25, 0.3) is 0 Å². The third-order valence-corrected chi connectivity index (χ3v) is 5.61. The number of hydrogen-bond donors (Lipinski definition) is 0. The molecule has 6 aromatic rings. The summed E-state index contributed by atoms with van der Waals surface area (Å²) in [7, 11) is 0. The number of rotatable bonds is 0. The molecule has 0 aliphatic carbocycles. The van der Waals surface area contributed by atoms with Gasteiger partial charge in [-0.3, -0.25) is 0 Å². The van der Waals surface area contributed by atoms with Crippen molar-refractivity contribution in [2.24, 2.45) is 0 Å². The zero-order valence-corrected chi connectivity index (χ0v) is 14.3. The highest BCUT2D eigenvalue weighted by molar-refractivity contribution is 9.10. The molecule has 2 aromatic heterocycles. The lowest BCUT2D eigenvalue weighted by Gasteiger charge is -2.13. The second kappa shape index (κ2) is 4.28. The van der Waals surface area contributed by atoms with Crippen molar-refractivity contribution in [2.75, 3.05) is 0 Å². The summed E-state index contributed by atoms with van der Waals surface area (Å²) in [5, 5.41) is 7.90. The summed E-state index contributed by atoms with van der Waals surface area (Å²) in [5.74, 6) is 0.